The van der Waals surface area contributed by atoms with E-state index in [9.17, 15) is 4.79 Å². The summed E-state index contributed by atoms with van der Waals surface area (Å²) in [6, 6.07) is 9.24. The number of ether oxygens (including phenoxy) is 5. The number of fused-ring (bicyclic) bond motifs is 2. The van der Waals surface area contributed by atoms with Crippen molar-refractivity contribution in [3.63, 3.8) is 0 Å². The molecule has 0 radical (unpaired) electrons. The fraction of sp³-hybridized carbons (Fsp3) is 0.278. The Hall–Kier alpha value is -2.89. The highest BCUT2D eigenvalue weighted by molar-refractivity contribution is 5.78. The van der Waals surface area contributed by atoms with Crippen LogP contribution in [-0.2, 0) is 4.79 Å². The normalized spacial score (nSPS) is 17.9. The summed E-state index contributed by atoms with van der Waals surface area (Å²) < 4.78 is 26.8. The molecule has 0 saturated heterocycles. The van der Waals surface area contributed by atoms with Gasteiger partial charge in [0.15, 0.2) is 23.0 Å². The van der Waals surface area contributed by atoms with Crippen molar-refractivity contribution in [1.82, 2.24) is 0 Å². The predicted octanol–water partition coefficient (Wildman–Crippen LogP) is 2.87. The van der Waals surface area contributed by atoms with Gasteiger partial charge in [0.2, 0.25) is 6.79 Å². The van der Waals surface area contributed by atoms with Crippen LogP contribution in [0.1, 0.15) is 23.5 Å². The van der Waals surface area contributed by atoms with E-state index in [0.717, 1.165) is 11.1 Å². The molecular formula is C18H16O6. The molecule has 2 heterocycles. The zero-order valence-electron chi connectivity index (χ0n) is 13.3. The SMILES string of the molecule is COc1ccc(C2CC(=O)Oc3cc4c(cc32)OCO4)cc1OC. The lowest BCUT2D eigenvalue weighted by Gasteiger charge is -2.25. The quantitative estimate of drug-likeness (QED) is 0.638. The molecule has 24 heavy (non-hydrogen) atoms. The van der Waals surface area contributed by atoms with Crippen molar-refractivity contribution in [3.05, 3.63) is 41.5 Å². The van der Waals surface area contributed by atoms with Crippen molar-refractivity contribution in [2.24, 2.45) is 0 Å². The first-order chi connectivity index (χ1) is 11.7. The van der Waals surface area contributed by atoms with E-state index in [1.54, 1.807) is 20.3 Å². The topological polar surface area (TPSA) is 63.2 Å². The van der Waals surface area contributed by atoms with Crippen LogP contribution in [0.5, 0.6) is 28.7 Å². The van der Waals surface area contributed by atoms with Gasteiger partial charge >= 0.3 is 5.97 Å². The molecule has 0 spiro atoms. The molecule has 2 aliphatic heterocycles. The lowest BCUT2D eigenvalue weighted by atomic mass is 9.86. The first-order valence-electron chi connectivity index (χ1n) is 7.55. The molecule has 1 atom stereocenters. The fourth-order valence-electron chi connectivity index (χ4n) is 3.11. The molecule has 0 amide bonds. The van der Waals surface area contributed by atoms with E-state index in [1.807, 2.05) is 24.3 Å². The van der Waals surface area contributed by atoms with Crippen LogP contribution in [0.15, 0.2) is 30.3 Å². The van der Waals surface area contributed by atoms with Crippen molar-refractivity contribution >= 4 is 5.97 Å². The van der Waals surface area contributed by atoms with Gasteiger partial charge < -0.3 is 23.7 Å². The second kappa shape index (κ2) is 5.63. The minimum absolute atomic E-state index is 0.143. The highest BCUT2D eigenvalue weighted by Crippen LogP contribution is 2.46. The minimum atomic E-state index is -0.277. The lowest BCUT2D eigenvalue weighted by Crippen LogP contribution is -2.21. The van der Waals surface area contributed by atoms with Gasteiger partial charge in [0.1, 0.15) is 5.75 Å². The molecule has 2 aromatic carbocycles. The summed E-state index contributed by atoms with van der Waals surface area (Å²) in [5.41, 5.74) is 1.84. The first kappa shape index (κ1) is 14.7. The Morgan fingerprint density at radius 3 is 2.46 bits per heavy atom. The van der Waals surface area contributed by atoms with E-state index < -0.39 is 0 Å². The molecule has 2 aromatic rings. The Balaban J connectivity index is 1.81. The molecule has 6 nitrogen and oxygen atoms in total. The third kappa shape index (κ3) is 2.31. The smallest absolute Gasteiger partial charge is 0.312 e. The van der Waals surface area contributed by atoms with E-state index >= 15 is 0 Å². The molecule has 0 N–H and O–H groups in total. The molecule has 0 bridgehead atoms. The number of methoxy groups -OCH3 is 2. The van der Waals surface area contributed by atoms with Gasteiger partial charge in [-0.2, -0.15) is 0 Å². The van der Waals surface area contributed by atoms with Gasteiger partial charge in [-0.05, 0) is 23.8 Å². The Bertz CT molecular complexity index is 813. The van der Waals surface area contributed by atoms with Gasteiger partial charge in [0.25, 0.3) is 0 Å². The maximum absolute atomic E-state index is 12.0. The van der Waals surface area contributed by atoms with E-state index in [2.05, 4.69) is 0 Å². The van der Waals surface area contributed by atoms with E-state index in [-0.39, 0.29) is 25.1 Å². The van der Waals surface area contributed by atoms with Crippen LogP contribution in [0.2, 0.25) is 0 Å². The summed E-state index contributed by atoms with van der Waals surface area (Å²) in [5, 5.41) is 0. The summed E-state index contributed by atoms with van der Waals surface area (Å²) in [5.74, 6) is 2.61. The number of hydrogen-bond acceptors (Lipinski definition) is 6. The zero-order chi connectivity index (χ0) is 16.7. The third-order valence-electron chi connectivity index (χ3n) is 4.28. The van der Waals surface area contributed by atoms with Crippen molar-refractivity contribution in [2.45, 2.75) is 12.3 Å². The van der Waals surface area contributed by atoms with Gasteiger partial charge in [-0.1, -0.05) is 6.07 Å². The summed E-state index contributed by atoms with van der Waals surface area (Å²) >= 11 is 0. The van der Waals surface area contributed by atoms with Crippen LogP contribution in [-0.4, -0.2) is 27.0 Å². The van der Waals surface area contributed by atoms with Crippen LogP contribution in [0.3, 0.4) is 0 Å². The third-order valence-corrected chi connectivity index (χ3v) is 4.28. The average molecular weight is 328 g/mol. The molecule has 0 aromatic heterocycles. The molecular weight excluding hydrogens is 312 g/mol. The molecule has 0 fully saturated rings. The maximum Gasteiger partial charge on any atom is 0.312 e. The monoisotopic (exact) mass is 328 g/mol. The largest absolute Gasteiger partial charge is 0.493 e. The van der Waals surface area contributed by atoms with Crippen LogP contribution in [0, 0.1) is 0 Å². The summed E-state index contributed by atoms with van der Waals surface area (Å²) in [6.07, 6.45) is 0.252. The number of esters is 1. The Morgan fingerprint density at radius 1 is 0.958 bits per heavy atom. The first-order valence-corrected chi connectivity index (χ1v) is 7.55. The number of carbonyl (C=O) groups excluding carboxylic acids is 1. The maximum atomic E-state index is 12.0. The van der Waals surface area contributed by atoms with Crippen LogP contribution < -0.4 is 23.7 Å². The predicted molar refractivity (Wildman–Crippen MR) is 84.2 cm³/mol. The lowest BCUT2D eigenvalue weighted by molar-refractivity contribution is -0.135. The van der Waals surface area contributed by atoms with Crippen molar-refractivity contribution in [2.75, 3.05) is 21.0 Å². The van der Waals surface area contributed by atoms with Gasteiger partial charge in [-0.25, -0.2) is 0 Å². The highest BCUT2D eigenvalue weighted by atomic mass is 16.7. The Morgan fingerprint density at radius 2 is 1.71 bits per heavy atom. The van der Waals surface area contributed by atoms with Gasteiger partial charge in [-0.15, -0.1) is 0 Å². The van der Waals surface area contributed by atoms with Crippen molar-refractivity contribution in [3.8, 4) is 28.7 Å². The summed E-state index contributed by atoms with van der Waals surface area (Å²) in [6.45, 7) is 0.174. The molecule has 4 rings (SSSR count). The number of benzene rings is 2. The molecule has 124 valence electrons. The molecule has 6 heteroatoms. The van der Waals surface area contributed by atoms with E-state index in [1.165, 1.54) is 0 Å². The highest BCUT2D eigenvalue weighted by Gasteiger charge is 2.32. The molecule has 2 aliphatic rings. The number of rotatable bonds is 3. The summed E-state index contributed by atoms with van der Waals surface area (Å²) in [7, 11) is 3.17. The molecule has 0 saturated carbocycles. The number of carbonyl (C=O) groups is 1. The van der Waals surface area contributed by atoms with Gasteiger partial charge in [-0.3, -0.25) is 4.79 Å². The van der Waals surface area contributed by atoms with Gasteiger partial charge in [0.05, 0.1) is 20.6 Å². The Labute approximate surface area is 138 Å². The van der Waals surface area contributed by atoms with Gasteiger partial charge in [0, 0.05) is 17.5 Å². The Kier molecular flexibility index (Phi) is 3.45. The second-order valence-electron chi connectivity index (χ2n) is 5.59. The van der Waals surface area contributed by atoms with Crippen molar-refractivity contribution in [1.29, 1.82) is 0 Å². The number of hydrogen-bond donors (Lipinski definition) is 0. The van der Waals surface area contributed by atoms with Crippen molar-refractivity contribution < 1.29 is 28.5 Å². The molecule has 0 aliphatic carbocycles. The zero-order valence-corrected chi connectivity index (χ0v) is 13.3. The standard InChI is InChI=1S/C18H16O6/c1-20-13-4-3-10(5-15(13)21-2)11-7-18(19)24-14-8-17-16(6-12(11)14)22-9-23-17/h3-6,8,11H,7,9H2,1-2H3. The summed E-state index contributed by atoms with van der Waals surface area (Å²) in [4.78, 5) is 12.0. The van der Waals surface area contributed by atoms with Crippen LogP contribution in [0.4, 0.5) is 0 Å². The minimum Gasteiger partial charge on any atom is -0.493 e. The van der Waals surface area contributed by atoms with E-state index in [0.29, 0.717) is 28.7 Å². The fourth-order valence-corrected chi connectivity index (χ4v) is 3.11. The van der Waals surface area contributed by atoms with Crippen LogP contribution >= 0.6 is 0 Å². The second-order valence-corrected chi connectivity index (χ2v) is 5.59. The molecule has 1 unspecified atom stereocenters. The van der Waals surface area contributed by atoms with E-state index in [4.69, 9.17) is 23.7 Å². The van der Waals surface area contributed by atoms with Crippen LogP contribution in [0.25, 0.3) is 0 Å². The average Bonchev–Trinajstić information content (AvgIpc) is 3.05.